The number of hydrogen-bond acceptors (Lipinski definition) is 2. The molecule has 0 saturated heterocycles. The number of halogens is 2. The lowest BCUT2D eigenvalue weighted by Crippen LogP contribution is -2.35. The molecule has 0 aliphatic heterocycles. The molecule has 8 heteroatoms. The van der Waals surface area contributed by atoms with Crippen LogP contribution in [0.5, 0.6) is 0 Å². The first-order valence-electron chi connectivity index (χ1n) is 13.2. The number of hydrogen-bond donors (Lipinski definition) is 2. The zero-order valence-corrected chi connectivity index (χ0v) is 24.5. The molecule has 0 radical (unpaired) electrons. The first-order chi connectivity index (χ1) is 19.1. The molecule has 0 aliphatic carbocycles. The number of anilines is 2. The minimum atomic E-state index is -0.386. The third-order valence-electron chi connectivity index (χ3n) is 6.80. The van der Waals surface area contributed by atoms with Gasteiger partial charge in [-0.25, -0.2) is 8.78 Å². The first-order valence-corrected chi connectivity index (χ1v) is 13.2. The van der Waals surface area contributed by atoms with Gasteiger partial charge in [-0.15, -0.1) is 0 Å². The summed E-state index contributed by atoms with van der Waals surface area (Å²) in [5, 5.41) is 5.51. The maximum atomic E-state index is 14.6. The van der Waals surface area contributed by atoms with Gasteiger partial charge in [0.1, 0.15) is 0 Å². The van der Waals surface area contributed by atoms with E-state index < -0.39 is 0 Å². The number of benzene rings is 4. The van der Waals surface area contributed by atoms with Crippen LogP contribution < -0.4 is 19.6 Å². The highest BCUT2D eigenvalue weighted by Gasteiger charge is 2.20. The van der Waals surface area contributed by atoms with Crippen molar-refractivity contribution in [2.24, 2.45) is 0 Å². The van der Waals surface area contributed by atoms with Gasteiger partial charge in [-0.2, -0.15) is 0 Å². The summed E-state index contributed by atoms with van der Waals surface area (Å²) in [6, 6.07) is 21.8. The van der Waals surface area contributed by atoms with Crippen LogP contribution in [0.25, 0.3) is 11.1 Å². The van der Waals surface area contributed by atoms with E-state index in [2.05, 4.69) is 10.6 Å². The standard InChI is InChI=1S/C33H34F2N4O2/c1-21-18-24(33(41)37-26-14-17-31(29(35)20-26)39(5,6)7)12-15-27(21)22-8-10-23(11-9-22)32(40)36-25-13-16-30(28(34)19-25)38(2,3)4/h8-20H,1-7H3/p+2. The summed E-state index contributed by atoms with van der Waals surface area (Å²) < 4.78 is 29.7. The fourth-order valence-corrected chi connectivity index (χ4v) is 4.59. The fourth-order valence-electron chi connectivity index (χ4n) is 4.59. The Morgan fingerprint density at radius 3 is 1.44 bits per heavy atom. The Hall–Kier alpha value is -4.40. The SMILES string of the molecule is Cc1cc(C(=O)Nc2ccc([N+](C)(C)C)c(F)c2)ccc1-c1ccc(C(=O)Nc2ccc([N+](C)(C)C)c(F)c2)cc1. The van der Waals surface area contributed by atoms with Crippen LogP contribution in [0.2, 0.25) is 0 Å². The highest BCUT2D eigenvalue weighted by atomic mass is 19.1. The monoisotopic (exact) mass is 558 g/mol. The number of aryl methyl sites for hydroxylation is 1. The maximum Gasteiger partial charge on any atom is 0.255 e. The average Bonchev–Trinajstić information content (AvgIpc) is 2.87. The van der Waals surface area contributed by atoms with Gasteiger partial charge in [0.05, 0.1) is 42.3 Å². The Morgan fingerprint density at radius 2 is 1.02 bits per heavy atom. The Morgan fingerprint density at radius 1 is 0.585 bits per heavy atom. The van der Waals surface area contributed by atoms with E-state index in [1.807, 2.05) is 67.4 Å². The number of nitrogens with zero attached hydrogens (tertiary/aromatic N) is 2. The van der Waals surface area contributed by atoms with Crippen molar-refractivity contribution in [3.63, 3.8) is 0 Å². The minimum absolute atomic E-state index is 0.331. The largest absolute Gasteiger partial charge is 0.322 e. The van der Waals surface area contributed by atoms with E-state index in [-0.39, 0.29) is 23.4 Å². The molecule has 4 aromatic carbocycles. The van der Waals surface area contributed by atoms with Gasteiger partial charge < -0.3 is 10.6 Å². The van der Waals surface area contributed by atoms with Crippen LogP contribution in [-0.2, 0) is 0 Å². The number of carbonyl (C=O) groups excluding carboxylic acids is 2. The molecule has 0 atom stereocenters. The number of rotatable bonds is 7. The first kappa shape index (κ1) is 29.6. The summed E-state index contributed by atoms with van der Waals surface area (Å²) in [6.07, 6.45) is 0. The van der Waals surface area contributed by atoms with Gasteiger partial charge in [0.2, 0.25) is 0 Å². The molecule has 0 aromatic heterocycles. The highest BCUT2D eigenvalue weighted by Crippen LogP contribution is 2.28. The predicted molar refractivity (Wildman–Crippen MR) is 164 cm³/mol. The molecule has 6 nitrogen and oxygen atoms in total. The summed E-state index contributed by atoms with van der Waals surface area (Å²) in [5.41, 5.74) is 5.34. The van der Waals surface area contributed by atoms with Crippen molar-refractivity contribution in [1.29, 1.82) is 0 Å². The molecule has 4 aromatic rings. The van der Waals surface area contributed by atoms with E-state index in [1.165, 1.54) is 12.1 Å². The third-order valence-corrected chi connectivity index (χ3v) is 6.80. The molecule has 0 unspecified atom stereocenters. The van der Waals surface area contributed by atoms with E-state index in [4.69, 9.17) is 0 Å². The van der Waals surface area contributed by atoms with Gasteiger partial charge in [0.15, 0.2) is 23.0 Å². The van der Waals surface area contributed by atoms with Gasteiger partial charge in [-0.3, -0.25) is 18.6 Å². The predicted octanol–water partition coefficient (Wildman–Crippen LogP) is 6.84. The van der Waals surface area contributed by atoms with E-state index in [0.29, 0.717) is 42.8 Å². The van der Waals surface area contributed by atoms with Crippen LogP contribution in [0.4, 0.5) is 31.5 Å². The minimum Gasteiger partial charge on any atom is -0.322 e. The maximum absolute atomic E-state index is 14.6. The molecule has 212 valence electrons. The second-order valence-corrected chi connectivity index (χ2v) is 11.9. The number of carbonyl (C=O) groups is 2. The second-order valence-electron chi connectivity index (χ2n) is 11.9. The zero-order chi connectivity index (χ0) is 30.1. The molecule has 41 heavy (non-hydrogen) atoms. The van der Waals surface area contributed by atoms with Gasteiger partial charge in [0.25, 0.3) is 11.8 Å². The number of nitrogens with one attached hydrogen (secondary N) is 2. The van der Waals surface area contributed by atoms with Crippen LogP contribution >= 0.6 is 0 Å². The molecule has 2 N–H and O–H groups in total. The molecular formula is C33H36F2N4O2+2. The van der Waals surface area contributed by atoms with E-state index in [9.17, 15) is 18.4 Å². The van der Waals surface area contributed by atoms with Crippen molar-refractivity contribution in [1.82, 2.24) is 8.97 Å². The summed E-state index contributed by atoms with van der Waals surface area (Å²) in [5.74, 6) is -1.45. The quantitative estimate of drug-likeness (QED) is 0.244. The van der Waals surface area contributed by atoms with Gasteiger partial charge in [-0.05, 0) is 60.0 Å². The second kappa shape index (κ2) is 11.2. The Balaban J connectivity index is 1.45. The van der Waals surface area contributed by atoms with Gasteiger partial charge >= 0.3 is 0 Å². The van der Waals surface area contributed by atoms with Crippen molar-refractivity contribution in [3.05, 3.63) is 107 Å². The van der Waals surface area contributed by atoms with Gasteiger partial charge in [0, 0.05) is 46.8 Å². The van der Waals surface area contributed by atoms with Crippen LogP contribution in [0.1, 0.15) is 26.3 Å². The van der Waals surface area contributed by atoms with Crippen LogP contribution in [0, 0.1) is 18.6 Å². The molecule has 0 fully saturated rings. The molecular weight excluding hydrogens is 522 g/mol. The van der Waals surface area contributed by atoms with E-state index in [1.54, 1.807) is 48.5 Å². The summed E-state index contributed by atoms with van der Waals surface area (Å²) in [4.78, 5) is 25.6. The highest BCUT2D eigenvalue weighted by molar-refractivity contribution is 6.05. The van der Waals surface area contributed by atoms with Crippen molar-refractivity contribution < 1.29 is 18.4 Å². The molecule has 0 aliphatic rings. The topological polar surface area (TPSA) is 58.2 Å². The van der Waals surface area contributed by atoms with E-state index in [0.717, 1.165) is 16.7 Å². The van der Waals surface area contributed by atoms with E-state index >= 15 is 0 Å². The number of quaternary nitrogens is 2. The lowest BCUT2D eigenvalue weighted by molar-refractivity contribution is 0.101. The smallest absolute Gasteiger partial charge is 0.255 e. The molecule has 0 bridgehead atoms. The lowest BCUT2D eigenvalue weighted by atomic mass is 9.97. The van der Waals surface area contributed by atoms with Crippen LogP contribution in [0.15, 0.2) is 78.9 Å². The normalized spacial score (nSPS) is 11.7. The van der Waals surface area contributed by atoms with Crippen molar-refractivity contribution >= 4 is 34.6 Å². The Bertz CT molecular complexity index is 1620. The van der Waals surface area contributed by atoms with Crippen LogP contribution in [-0.4, -0.2) is 54.1 Å². The Labute approximate surface area is 240 Å². The lowest BCUT2D eigenvalue weighted by Gasteiger charge is -2.24. The zero-order valence-electron chi connectivity index (χ0n) is 24.5. The third kappa shape index (κ3) is 6.85. The average molecular weight is 559 g/mol. The Kier molecular flexibility index (Phi) is 8.10. The molecule has 0 heterocycles. The molecule has 0 saturated carbocycles. The summed E-state index contributed by atoms with van der Waals surface area (Å²) >= 11 is 0. The van der Waals surface area contributed by atoms with Gasteiger partial charge in [-0.1, -0.05) is 18.2 Å². The van der Waals surface area contributed by atoms with Crippen molar-refractivity contribution in [2.45, 2.75) is 6.92 Å². The number of amides is 2. The molecule has 2 amide bonds. The summed E-state index contributed by atoms with van der Waals surface area (Å²) in [7, 11) is 11.2. The van der Waals surface area contributed by atoms with Crippen molar-refractivity contribution in [2.75, 3.05) is 52.9 Å². The summed E-state index contributed by atoms with van der Waals surface area (Å²) in [6.45, 7) is 1.90. The van der Waals surface area contributed by atoms with Crippen molar-refractivity contribution in [3.8, 4) is 11.1 Å². The molecule has 4 rings (SSSR count). The van der Waals surface area contributed by atoms with Crippen LogP contribution in [0.3, 0.4) is 0 Å². The fraction of sp³-hybridized carbons (Fsp3) is 0.212. The molecule has 0 spiro atoms.